The first-order valence-corrected chi connectivity index (χ1v) is 8.41. The Morgan fingerprint density at radius 1 is 1.06 bits per heavy atom. The summed E-state index contributed by atoms with van der Waals surface area (Å²) in [7, 11) is -2.99. The van der Waals surface area contributed by atoms with Gasteiger partial charge in [0.2, 0.25) is 10.0 Å². The Morgan fingerprint density at radius 3 is 2.18 bits per heavy atom. The number of nitrogens with zero attached hydrogens (tertiary/aromatic N) is 2. The first-order valence-electron chi connectivity index (χ1n) is 6.80. The standard InChI is InChI=1S/C12H26N2O2S/c1-3-13(4-2)9-8-12-17(15,16)14-10-6-5-7-11-14/h3-12H2,1-2H3. The SMILES string of the molecule is CCN(CC)CCCS(=O)(=O)N1CCCCC1. The molecule has 0 spiro atoms. The molecule has 1 aliphatic heterocycles. The summed E-state index contributed by atoms with van der Waals surface area (Å²) in [4.78, 5) is 2.27. The van der Waals surface area contributed by atoms with Gasteiger partial charge in [0.15, 0.2) is 0 Å². The van der Waals surface area contributed by atoms with Crippen LogP contribution in [0.25, 0.3) is 0 Å². The maximum atomic E-state index is 12.1. The molecule has 0 N–H and O–H groups in total. The van der Waals surface area contributed by atoms with E-state index in [1.54, 1.807) is 4.31 Å². The summed E-state index contributed by atoms with van der Waals surface area (Å²) in [5, 5.41) is 0. The number of rotatable bonds is 7. The number of hydrogen-bond acceptors (Lipinski definition) is 3. The molecule has 0 aromatic rings. The van der Waals surface area contributed by atoms with E-state index in [2.05, 4.69) is 18.7 Å². The summed E-state index contributed by atoms with van der Waals surface area (Å²) in [6.45, 7) is 8.58. The Hall–Kier alpha value is -0.130. The lowest BCUT2D eigenvalue weighted by Crippen LogP contribution is -2.38. The Balaban J connectivity index is 2.33. The van der Waals surface area contributed by atoms with Crippen LogP contribution >= 0.6 is 0 Å². The topological polar surface area (TPSA) is 40.6 Å². The van der Waals surface area contributed by atoms with Crippen LogP contribution in [-0.2, 0) is 10.0 Å². The second-order valence-corrected chi connectivity index (χ2v) is 6.74. The minimum absolute atomic E-state index is 0.309. The molecular formula is C12H26N2O2S. The van der Waals surface area contributed by atoms with E-state index in [0.717, 1.165) is 52.0 Å². The molecule has 0 amide bonds. The number of piperidine rings is 1. The van der Waals surface area contributed by atoms with Gasteiger partial charge in [-0.3, -0.25) is 0 Å². The lowest BCUT2D eigenvalue weighted by molar-refractivity contribution is 0.302. The average Bonchev–Trinajstić information content (AvgIpc) is 2.36. The van der Waals surface area contributed by atoms with Crippen LogP contribution in [-0.4, -0.2) is 56.1 Å². The monoisotopic (exact) mass is 262 g/mol. The average molecular weight is 262 g/mol. The molecule has 0 unspecified atom stereocenters. The quantitative estimate of drug-likeness (QED) is 0.699. The van der Waals surface area contributed by atoms with E-state index in [9.17, 15) is 8.42 Å². The molecule has 4 nitrogen and oxygen atoms in total. The summed E-state index contributed by atoms with van der Waals surface area (Å²) < 4.78 is 25.8. The highest BCUT2D eigenvalue weighted by molar-refractivity contribution is 7.89. The van der Waals surface area contributed by atoms with E-state index in [4.69, 9.17) is 0 Å². The van der Waals surface area contributed by atoms with Crippen LogP contribution in [0.5, 0.6) is 0 Å². The number of hydrogen-bond donors (Lipinski definition) is 0. The molecule has 0 bridgehead atoms. The molecule has 1 heterocycles. The molecule has 17 heavy (non-hydrogen) atoms. The van der Waals surface area contributed by atoms with Crippen LogP contribution in [0.3, 0.4) is 0 Å². The largest absolute Gasteiger partial charge is 0.304 e. The van der Waals surface area contributed by atoms with Crippen molar-refractivity contribution in [1.29, 1.82) is 0 Å². The van der Waals surface area contributed by atoms with E-state index < -0.39 is 10.0 Å². The smallest absolute Gasteiger partial charge is 0.214 e. The second-order valence-electron chi connectivity index (χ2n) is 4.66. The van der Waals surface area contributed by atoms with Gasteiger partial charge >= 0.3 is 0 Å². The van der Waals surface area contributed by atoms with Crippen molar-refractivity contribution < 1.29 is 8.42 Å². The molecule has 0 atom stereocenters. The van der Waals surface area contributed by atoms with E-state index in [1.165, 1.54) is 6.42 Å². The first kappa shape index (κ1) is 14.9. The first-order chi connectivity index (χ1) is 8.10. The second kappa shape index (κ2) is 7.34. The molecule has 0 aromatic carbocycles. The third-order valence-electron chi connectivity index (χ3n) is 3.48. The molecule has 0 radical (unpaired) electrons. The molecule has 1 fully saturated rings. The van der Waals surface area contributed by atoms with Gasteiger partial charge < -0.3 is 4.90 Å². The maximum Gasteiger partial charge on any atom is 0.214 e. The lowest BCUT2D eigenvalue weighted by atomic mass is 10.2. The van der Waals surface area contributed by atoms with Gasteiger partial charge in [0.05, 0.1) is 5.75 Å². The zero-order valence-corrected chi connectivity index (χ0v) is 12.0. The van der Waals surface area contributed by atoms with Gasteiger partial charge in [-0.15, -0.1) is 0 Å². The summed E-state index contributed by atoms with van der Waals surface area (Å²) in [5.74, 6) is 0.309. The Labute approximate surface area is 106 Å². The maximum absolute atomic E-state index is 12.1. The van der Waals surface area contributed by atoms with Gasteiger partial charge in [-0.05, 0) is 38.9 Å². The van der Waals surface area contributed by atoms with Gasteiger partial charge in [-0.1, -0.05) is 20.3 Å². The van der Waals surface area contributed by atoms with Crippen molar-refractivity contribution >= 4 is 10.0 Å². The minimum atomic E-state index is -2.99. The zero-order chi connectivity index (χ0) is 12.7. The van der Waals surface area contributed by atoms with Crippen molar-refractivity contribution in [2.24, 2.45) is 0 Å². The van der Waals surface area contributed by atoms with E-state index in [1.807, 2.05) is 0 Å². The summed E-state index contributed by atoms with van der Waals surface area (Å²) in [6.07, 6.45) is 3.97. The lowest BCUT2D eigenvalue weighted by Gasteiger charge is -2.26. The molecule has 102 valence electrons. The van der Waals surface area contributed by atoms with E-state index in [-0.39, 0.29) is 0 Å². The third kappa shape index (κ3) is 4.94. The van der Waals surface area contributed by atoms with Gasteiger partial charge in [0.1, 0.15) is 0 Å². The summed E-state index contributed by atoms with van der Waals surface area (Å²) in [5.41, 5.74) is 0. The fourth-order valence-corrected chi connectivity index (χ4v) is 3.85. The van der Waals surface area contributed by atoms with Crippen molar-refractivity contribution in [3.63, 3.8) is 0 Å². The number of sulfonamides is 1. The third-order valence-corrected chi connectivity index (χ3v) is 5.44. The minimum Gasteiger partial charge on any atom is -0.304 e. The normalized spacial score (nSPS) is 18.8. The molecule has 0 aliphatic carbocycles. The molecule has 1 aliphatic rings. The van der Waals surface area contributed by atoms with E-state index >= 15 is 0 Å². The molecule has 5 heteroatoms. The molecule has 1 rings (SSSR count). The van der Waals surface area contributed by atoms with Gasteiger partial charge in [0.25, 0.3) is 0 Å². The molecular weight excluding hydrogens is 236 g/mol. The van der Waals surface area contributed by atoms with Crippen LogP contribution < -0.4 is 0 Å². The van der Waals surface area contributed by atoms with Crippen LogP contribution in [0, 0.1) is 0 Å². The predicted octanol–water partition coefficient (Wildman–Crippen LogP) is 1.53. The Kier molecular flexibility index (Phi) is 6.44. The molecule has 0 saturated carbocycles. The van der Waals surface area contributed by atoms with Crippen molar-refractivity contribution in [1.82, 2.24) is 9.21 Å². The van der Waals surface area contributed by atoms with Crippen molar-refractivity contribution in [2.75, 3.05) is 38.5 Å². The Bertz CT molecular complexity index is 294. The van der Waals surface area contributed by atoms with Crippen LogP contribution in [0.15, 0.2) is 0 Å². The van der Waals surface area contributed by atoms with Gasteiger partial charge in [-0.25, -0.2) is 12.7 Å². The summed E-state index contributed by atoms with van der Waals surface area (Å²) in [6, 6.07) is 0. The predicted molar refractivity (Wildman–Crippen MR) is 71.6 cm³/mol. The van der Waals surface area contributed by atoms with Crippen LogP contribution in [0.4, 0.5) is 0 Å². The van der Waals surface area contributed by atoms with Crippen LogP contribution in [0.2, 0.25) is 0 Å². The fraction of sp³-hybridized carbons (Fsp3) is 1.00. The van der Waals surface area contributed by atoms with Crippen molar-refractivity contribution in [3.8, 4) is 0 Å². The van der Waals surface area contributed by atoms with Crippen molar-refractivity contribution in [3.05, 3.63) is 0 Å². The zero-order valence-electron chi connectivity index (χ0n) is 11.2. The van der Waals surface area contributed by atoms with Gasteiger partial charge in [-0.2, -0.15) is 0 Å². The highest BCUT2D eigenvalue weighted by Gasteiger charge is 2.23. The van der Waals surface area contributed by atoms with Gasteiger partial charge in [0, 0.05) is 13.1 Å². The van der Waals surface area contributed by atoms with Crippen molar-refractivity contribution in [2.45, 2.75) is 39.5 Å². The molecule has 1 saturated heterocycles. The Morgan fingerprint density at radius 2 is 1.65 bits per heavy atom. The fourth-order valence-electron chi connectivity index (χ4n) is 2.28. The van der Waals surface area contributed by atoms with E-state index in [0.29, 0.717) is 5.75 Å². The van der Waals surface area contributed by atoms with Crippen LogP contribution in [0.1, 0.15) is 39.5 Å². The highest BCUT2D eigenvalue weighted by Crippen LogP contribution is 2.14. The molecule has 0 aromatic heterocycles. The summed E-state index contributed by atoms with van der Waals surface area (Å²) >= 11 is 0. The highest BCUT2D eigenvalue weighted by atomic mass is 32.2.